The van der Waals surface area contributed by atoms with E-state index in [1.807, 2.05) is 61.1 Å². The van der Waals surface area contributed by atoms with Crippen LogP contribution < -0.4 is 20.7 Å². The summed E-state index contributed by atoms with van der Waals surface area (Å²) in [6, 6.07) is 23.9. The van der Waals surface area contributed by atoms with Crippen LogP contribution in [0.5, 0.6) is 5.75 Å². The number of nitrogens with one attached hydrogen (secondary N) is 1. The maximum atomic E-state index is 12.2. The van der Waals surface area contributed by atoms with E-state index in [-0.39, 0.29) is 0 Å². The van der Waals surface area contributed by atoms with Gasteiger partial charge in [0.25, 0.3) is 5.91 Å². The van der Waals surface area contributed by atoms with Gasteiger partial charge in [0.05, 0.1) is 12.6 Å². The number of thiocarbonyl (C=S) groups is 1. The molecule has 0 aliphatic heterocycles. The molecule has 6 nitrogen and oxygen atoms in total. The zero-order valence-corrected chi connectivity index (χ0v) is 20.4. The van der Waals surface area contributed by atoms with Crippen LogP contribution >= 0.6 is 12.2 Å². The van der Waals surface area contributed by atoms with Gasteiger partial charge in [-0.25, -0.2) is 0 Å². The molecule has 0 fully saturated rings. The summed E-state index contributed by atoms with van der Waals surface area (Å²) >= 11 is 5.65. The van der Waals surface area contributed by atoms with Crippen molar-refractivity contribution in [2.24, 2.45) is 5.73 Å². The molecule has 3 aromatic carbocycles. The predicted molar refractivity (Wildman–Crippen MR) is 142 cm³/mol. The van der Waals surface area contributed by atoms with E-state index in [4.69, 9.17) is 22.7 Å². The molecule has 0 aliphatic rings. The van der Waals surface area contributed by atoms with Gasteiger partial charge < -0.3 is 25.3 Å². The molecule has 0 radical (unpaired) electrons. The van der Waals surface area contributed by atoms with E-state index in [0.717, 1.165) is 33.3 Å². The van der Waals surface area contributed by atoms with Crippen molar-refractivity contribution in [2.45, 2.75) is 13.1 Å². The van der Waals surface area contributed by atoms with Crippen molar-refractivity contribution in [3.63, 3.8) is 0 Å². The van der Waals surface area contributed by atoms with E-state index in [9.17, 15) is 4.79 Å². The summed E-state index contributed by atoms with van der Waals surface area (Å²) in [5.74, 6) is 0.225. The second-order valence-corrected chi connectivity index (χ2v) is 8.73. The topological polar surface area (TPSA) is 72.5 Å². The number of carbonyl (C=O) groups excluding carboxylic acids is 1. The molecule has 0 spiro atoms. The molecular weight excluding hydrogens is 444 g/mol. The van der Waals surface area contributed by atoms with Gasteiger partial charge in [0.15, 0.2) is 0 Å². The largest absolute Gasteiger partial charge is 0.496 e. The highest BCUT2D eigenvalue weighted by molar-refractivity contribution is 7.80. The summed E-state index contributed by atoms with van der Waals surface area (Å²) in [5, 5.41) is 4.20. The van der Waals surface area contributed by atoms with Crippen molar-refractivity contribution >= 4 is 39.7 Å². The minimum Gasteiger partial charge on any atom is -0.496 e. The summed E-state index contributed by atoms with van der Waals surface area (Å²) in [5.41, 5.74) is 11.3. The summed E-state index contributed by atoms with van der Waals surface area (Å²) in [6.07, 6.45) is 0. The standard InChI is InChI=1S/C27H28N4O2S/c1-30(2)21-12-10-18(11-13-21)16-29-27(34)20-7-4-6-19(14-20)17-31-23-8-5-9-25(33-3)22(23)15-24(31)26(28)32/h4-15H,16-17H2,1-3H3,(H2,28,32)(H,29,34). The molecule has 0 aliphatic carbocycles. The number of benzene rings is 3. The number of rotatable bonds is 8. The molecule has 0 atom stereocenters. The summed E-state index contributed by atoms with van der Waals surface area (Å²) < 4.78 is 7.38. The Morgan fingerprint density at radius 2 is 1.76 bits per heavy atom. The van der Waals surface area contributed by atoms with Gasteiger partial charge in [-0.1, -0.05) is 48.6 Å². The van der Waals surface area contributed by atoms with Crippen LogP contribution in [0.25, 0.3) is 10.9 Å². The van der Waals surface area contributed by atoms with E-state index in [1.165, 1.54) is 0 Å². The van der Waals surface area contributed by atoms with E-state index < -0.39 is 5.91 Å². The van der Waals surface area contributed by atoms with Gasteiger partial charge in [-0.2, -0.15) is 0 Å². The SMILES string of the molecule is COc1cccc2c1cc(C(N)=O)n2Cc1cccc(C(=S)NCc2ccc(N(C)C)cc2)c1. The zero-order valence-electron chi connectivity index (χ0n) is 19.5. The average molecular weight is 473 g/mol. The molecule has 4 rings (SSSR count). The molecule has 0 unspecified atom stereocenters. The van der Waals surface area contributed by atoms with E-state index in [0.29, 0.717) is 29.5 Å². The fourth-order valence-corrected chi connectivity index (χ4v) is 4.20. The first-order chi connectivity index (χ1) is 16.4. The van der Waals surface area contributed by atoms with E-state index in [1.54, 1.807) is 13.2 Å². The van der Waals surface area contributed by atoms with Crippen molar-refractivity contribution in [2.75, 3.05) is 26.1 Å². The Bertz CT molecular complexity index is 1340. The number of anilines is 1. The lowest BCUT2D eigenvalue weighted by molar-refractivity contribution is 0.0992. The molecule has 4 aromatic rings. The lowest BCUT2D eigenvalue weighted by atomic mass is 10.1. The normalized spacial score (nSPS) is 10.8. The second-order valence-electron chi connectivity index (χ2n) is 8.32. The third-order valence-corrected chi connectivity index (χ3v) is 6.19. The highest BCUT2D eigenvalue weighted by atomic mass is 32.1. The number of fused-ring (bicyclic) bond motifs is 1. The molecular formula is C27H28N4O2S. The smallest absolute Gasteiger partial charge is 0.265 e. The molecule has 1 amide bonds. The van der Waals surface area contributed by atoms with Crippen molar-refractivity contribution in [1.82, 2.24) is 9.88 Å². The molecule has 0 saturated carbocycles. The minimum atomic E-state index is -0.480. The van der Waals surface area contributed by atoms with Gasteiger partial charge in [-0.15, -0.1) is 0 Å². The number of aromatic nitrogens is 1. The van der Waals surface area contributed by atoms with Crippen LogP contribution in [0.2, 0.25) is 0 Å². The Balaban J connectivity index is 1.54. The molecule has 174 valence electrons. The van der Waals surface area contributed by atoms with Crippen LogP contribution in [0.1, 0.15) is 27.2 Å². The number of nitrogens with two attached hydrogens (primary N) is 1. The second kappa shape index (κ2) is 9.97. The fraction of sp³-hybridized carbons (Fsp3) is 0.185. The molecule has 0 saturated heterocycles. The van der Waals surface area contributed by atoms with Crippen LogP contribution in [-0.4, -0.2) is 36.7 Å². The Morgan fingerprint density at radius 3 is 2.44 bits per heavy atom. The van der Waals surface area contributed by atoms with Gasteiger partial charge in [0.2, 0.25) is 0 Å². The first kappa shape index (κ1) is 23.3. The Hall–Kier alpha value is -3.84. The lowest BCUT2D eigenvalue weighted by Gasteiger charge is -2.14. The maximum absolute atomic E-state index is 12.2. The predicted octanol–water partition coefficient (Wildman–Crippen LogP) is 4.33. The number of methoxy groups -OCH3 is 1. The number of hydrogen-bond acceptors (Lipinski definition) is 4. The highest BCUT2D eigenvalue weighted by Crippen LogP contribution is 2.29. The monoisotopic (exact) mass is 472 g/mol. The number of primary amides is 1. The summed E-state index contributed by atoms with van der Waals surface area (Å²) in [7, 11) is 5.66. The number of hydrogen-bond donors (Lipinski definition) is 2. The molecule has 1 aromatic heterocycles. The number of carbonyl (C=O) groups is 1. The van der Waals surface area contributed by atoms with Crippen LogP contribution in [0.15, 0.2) is 72.8 Å². The zero-order chi connectivity index (χ0) is 24.2. The Labute approximate surface area is 204 Å². The summed E-state index contributed by atoms with van der Waals surface area (Å²) in [6.45, 7) is 1.13. The minimum absolute atomic E-state index is 0.437. The van der Waals surface area contributed by atoms with Crippen LogP contribution in [0.4, 0.5) is 5.69 Å². The fourth-order valence-electron chi connectivity index (χ4n) is 4.00. The van der Waals surface area contributed by atoms with Crippen molar-refractivity contribution in [3.8, 4) is 5.75 Å². The molecule has 3 N–H and O–H groups in total. The van der Waals surface area contributed by atoms with Crippen LogP contribution in [-0.2, 0) is 13.1 Å². The third kappa shape index (κ3) is 4.89. The van der Waals surface area contributed by atoms with Gasteiger partial charge in [-0.05, 0) is 47.5 Å². The van der Waals surface area contributed by atoms with E-state index >= 15 is 0 Å². The van der Waals surface area contributed by atoms with Gasteiger partial charge in [0, 0.05) is 43.8 Å². The lowest BCUT2D eigenvalue weighted by Crippen LogP contribution is -2.22. The average Bonchev–Trinajstić information content (AvgIpc) is 3.21. The summed E-state index contributed by atoms with van der Waals surface area (Å²) in [4.78, 5) is 14.9. The van der Waals surface area contributed by atoms with Gasteiger partial charge in [-0.3, -0.25) is 4.79 Å². The molecule has 1 heterocycles. The first-order valence-electron chi connectivity index (χ1n) is 11.0. The maximum Gasteiger partial charge on any atom is 0.265 e. The van der Waals surface area contributed by atoms with E-state index in [2.05, 4.69) is 34.5 Å². The van der Waals surface area contributed by atoms with Crippen molar-refractivity contribution in [3.05, 3.63) is 95.2 Å². The van der Waals surface area contributed by atoms with Crippen LogP contribution in [0, 0.1) is 0 Å². The first-order valence-corrected chi connectivity index (χ1v) is 11.4. The van der Waals surface area contributed by atoms with Crippen molar-refractivity contribution in [1.29, 1.82) is 0 Å². The quantitative estimate of drug-likeness (QED) is 0.374. The molecule has 34 heavy (non-hydrogen) atoms. The Kier molecular flexibility index (Phi) is 6.84. The van der Waals surface area contributed by atoms with Crippen molar-refractivity contribution < 1.29 is 9.53 Å². The number of amides is 1. The number of ether oxygens (including phenoxy) is 1. The molecule has 7 heteroatoms. The van der Waals surface area contributed by atoms with Crippen LogP contribution in [0.3, 0.4) is 0 Å². The van der Waals surface area contributed by atoms with Gasteiger partial charge >= 0.3 is 0 Å². The third-order valence-electron chi connectivity index (χ3n) is 5.81. The Morgan fingerprint density at radius 1 is 1.03 bits per heavy atom. The molecule has 0 bridgehead atoms. The van der Waals surface area contributed by atoms with Gasteiger partial charge in [0.1, 0.15) is 16.4 Å². The highest BCUT2D eigenvalue weighted by Gasteiger charge is 2.16. The number of nitrogens with zero attached hydrogens (tertiary/aromatic N) is 2.